The summed E-state index contributed by atoms with van der Waals surface area (Å²) in [5, 5.41) is 19.8. The number of anilines is 1. The highest BCUT2D eigenvalue weighted by Gasteiger charge is 2.25. The Morgan fingerprint density at radius 2 is 1.90 bits per heavy atom. The topological polar surface area (TPSA) is 118 Å². The number of hydrogen-bond acceptors (Lipinski definition) is 6. The van der Waals surface area contributed by atoms with Crippen LogP contribution in [0.25, 0.3) is 0 Å². The largest absolute Gasteiger partial charge is 0.477 e. The van der Waals surface area contributed by atoms with Gasteiger partial charge in [-0.25, -0.2) is 13.2 Å². The van der Waals surface area contributed by atoms with Crippen molar-refractivity contribution in [1.29, 1.82) is 0 Å². The molecule has 0 radical (unpaired) electrons. The van der Waals surface area contributed by atoms with Gasteiger partial charge in [-0.1, -0.05) is 0 Å². The van der Waals surface area contributed by atoms with E-state index in [1.165, 1.54) is 18.2 Å². The number of aromatic carboxylic acids is 1. The Hall–Kier alpha value is -2.16. The molecule has 0 amide bonds. The first-order valence-corrected chi connectivity index (χ1v) is 7.59. The number of carboxylic acid groups (broad SMARTS) is 1. The summed E-state index contributed by atoms with van der Waals surface area (Å²) >= 11 is 0. The van der Waals surface area contributed by atoms with Crippen molar-refractivity contribution in [2.24, 2.45) is 0 Å². The van der Waals surface area contributed by atoms with E-state index in [1.807, 2.05) is 0 Å². The van der Waals surface area contributed by atoms with E-state index < -0.39 is 26.4 Å². The summed E-state index contributed by atoms with van der Waals surface area (Å²) in [6, 6.07) is 3.79. The molecule has 9 heteroatoms. The normalized spacial score (nSPS) is 17.7. The predicted molar refractivity (Wildman–Crippen MR) is 70.9 cm³/mol. The van der Waals surface area contributed by atoms with Crippen molar-refractivity contribution in [2.45, 2.75) is 0 Å². The monoisotopic (exact) mass is 300 g/mol. The van der Waals surface area contributed by atoms with Gasteiger partial charge in [-0.2, -0.15) is 0 Å². The molecule has 8 nitrogen and oxygen atoms in total. The maximum Gasteiger partial charge on any atom is 0.342 e. The van der Waals surface area contributed by atoms with E-state index in [1.54, 1.807) is 4.90 Å². The standard InChI is InChI=1S/C11H12N2O6S/c14-11(15)9-2-1-8(7-10(9)13(16)17)12-3-5-20(18,19)6-4-12/h1-2,7H,3-6H2,(H,14,15). The number of hydrogen-bond donors (Lipinski definition) is 1. The van der Waals surface area contributed by atoms with Gasteiger partial charge in [0.2, 0.25) is 0 Å². The first-order valence-electron chi connectivity index (χ1n) is 5.77. The molecule has 1 aliphatic heterocycles. The molecule has 1 saturated heterocycles. The first-order chi connectivity index (χ1) is 9.30. The van der Waals surface area contributed by atoms with Gasteiger partial charge in [0, 0.05) is 24.8 Å². The fourth-order valence-corrected chi connectivity index (χ4v) is 3.22. The Balaban J connectivity index is 2.33. The fraction of sp³-hybridized carbons (Fsp3) is 0.364. The molecule has 0 spiro atoms. The zero-order valence-corrected chi connectivity index (χ0v) is 11.2. The van der Waals surface area contributed by atoms with Gasteiger partial charge in [0.15, 0.2) is 9.84 Å². The molecule has 0 atom stereocenters. The van der Waals surface area contributed by atoms with Gasteiger partial charge in [0.25, 0.3) is 5.69 Å². The zero-order chi connectivity index (χ0) is 14.9. The summed E-state index contributed by atoms with van der Waals surface area (Å²) in [5.74, 6) is -1.40. The van der Waals surface area contributed by atoms with Crippen molar-refractivity contribution in [2.75, 3.05) is 29.5 Å². The van der Waals surface area contributed by atoms with Crippen molar-refractivity contribution >= 4 is 27.2 Å². The van der Waals surface area contributed by atoms with Crippen LogP contribution in [0.2, 0.25) is 0 Å². The van der Waals surface area contributed by atoms with Crippen molar-refractivity contribution < 1.29 is 23.2 Å². The maximum atomic E-state index is 11.3. The van der Waals surface area contributed by atoms with E-state index in [-0.39, 0.29) is 30.2 Å². The van der Waals surface area contributed by atoms with Crippen LogP contribution in [0, 0.1) is 10.1 Å². The smallest absolute Gasteiger partial charge is 0.342 e. The number of nitrogens with zero attached hydrogens (tertiary/aromatic N) is 2. The lowest BCUT2D eigenvalue weighted by atomic mass is 10.1. The van der Waals surface area contributed by atoms with Crippen LogP contribution in [-0.2, 0) is 9.84 Å². The van der Waals surface area contributed by atoms with E-state index in [9.17, 15) is 23.3 Å². The molecule has 1 N–H and O–H groups in total. The summed E-state index contributed by atoms with van der Waals surface area (Å²) in [6.45, 7) is 0.484. The van der Waals surface area contributed by atoms with Gasteiger partial charge in [-0.05, 0) is 12.1 Å². The van der Waals surface area contributed by atoms with Crippen LogP contribution < -0.4 is 4.90 Å². The molecule has 1 fully saturated rings. The molecule has 2 rings (SSSR count). The van der Waals surface area contributed by atoms with Gasteiger partial charge < -0.3 is 10.0 Å². The van der Waals surface area contributed by atoms with E-state index in [2.05, 4.69) is 0 Å². The average Bonchev–Trinajstić information content (AvgIpc) is 2.37. The van der Waals surface area contributed by atoms with E-state index >= 15 is 0 Å². The van der Waals surface area contributed by atoms with E-state index in [4.69, 9.17) is 5.11 Å². The number of carboxylic acids is 1. The van der Waals surface area contributed by atoms with Crippen LogP contribution in [0.5, 0.6) is 0 Å². The number of carbonyl (C=O) groups is 1. The minimum Gasteiger partial charge on any atom is -0.477 e. The Labute approximate surface area is 114 Å². The Kier molecular flexibility index (Phi) is 3.62. The van der Waals surface area contributed by atoms with Gasteiger partial charge in [0.1, 0.15) is 5.56 Å². The summed E-state index contributed by atoms with van der Waals surface area (Å²) in [7, 11) is -3.04. The molecular weight excluding hydrogens is 288 g/mol. The van der Waals surface area contributed by atoms with Crippen molar-refractivity contribution in [3.05, 3.63) is 33.9 Å². The SMILES string of the molecule is O=C(O)c1ccc(N2CCS(=O)(=O)CC2)cc1[N+](=O)[O-]. The highest BCUT2D eigenvalue weighted by molar-refractivity contribution is 7.91. The molecule has 1 aromatic rings. The quantitative estimate of drug-likeness (QED) is 0.638. The Morgan fingerprint density at radius 1 is 1.30 bits per heavy atom. The predicted octanol–water partition coefficient (Wildman–Crippen LogP) is 0.528. The van der Waals surface area contributed by atoms with Gasteiger partial charge in [-0.3, -0.25) is 10.1 Å². The summed E-state index contributed by atoms with van der Waals surface area (Å²) in [6.07, 6.45) is 0. The molecule has 0 saturated carbocycles. The number of nitro benzene ring substituents is 1. The second kappa shape index (κ2) is 5.08. The summed E-state index contributed by atoms with van der Waals surface area (Å²) in [4.78, 5) is 22.7. The second-order valence-corrected chi connectivity index (χ2v) is 6.71. The maximum absolute atomic E-state index is 11.3. The second-order valence-electron chi connectivity index (χ2n) is 4.40. The van der Waals surface area contributed by atoms with Crippen LogP contribution in [0.4, 0.5) is 11.4 Å². The molecule has 1 aromatic carbocycles. The Bertz CT molecular complexity index is 655. The number of nitro groups is 1. The lowest BCUT2D eigenvalue weighted by Gasteiger charge is -2.28. The lowest BCUT2D eigenvalue weighted by Crippen LogP contribution is -2.40. The molecule has 20 heavy (non-hydrogen) atoms. The van der Waals surface area contributed by atoms with Crippen LogP contribution in [0.15, 0.2) is 18.2 Å². The third-order valence-corrected chi connectivity index (χ3v) is 4.73. The Morgan fingerprint density at radius 3 is 2.40 bits per heavy atom. The lowest BCUT2D eigenvalue weighted by molar-refractivity contribution is -0.385. The number of benzene rings is 1. The first kappa shape index (κ1) is 14.3. The molecular formula is C11H12N2O6S. The third kappa shape index (κ3) is 2.87. The van der Waals surface area contributed by atoms with Gasteiger partial charge >= 0.3 is 5.97 Å². The minimum absolute atomic E-state index is 0.0124. The van der Waals surface area contributed by atoms with Gasteiger partial charge in [-0.15, -0.1) is 0 Å². The molecule has 108 valence electrons. The van der Waals surface area contributed by atoms with Crippen molar-refractivity contribution in [3.8, 4) is 0 Å². The minimum atomic E-state index is -3.04. The zero-order valence-electron chi connectivity index (χ0n) is 10.4. The van der Waals surface area contributed by atoms with Crippen LogP contribution >= 0.6 is 0 Å². The van der Waals surface area contributed by atoms with E-state index in [0.29, 0.717) is 5.69 Å². The highest BCUT2D eigenvalue weighted by Crippen LogP contribution is 2.26. The molecule has 1 heterocycles. The molecule has 0 bridgehead atoms. The number of sulfone groups is 1. The summed E-state index contributed by atoms with van der Waals surface area (Å²) in [5.41, 5.74) is -0.427. The van der Waals surface area contributed by atoms with Crippen LogP contribution in [0.3, 0.4) is 0 Å². The third-order valence-electron chi connectivity index (χ3n) is 3.12. The van der Waals surface area contributed by atoms with Crippen LogP contribution in [0.1, 0.15) is 10.4 Å². The molecule has 1 aliphatic rings. The summed E-state index contributed by atoms with van der Waals surface area (Å²) < 4.78 is 22.7. The van der Waals surface area contributed by atoms with Crippen molar-refractivity contribution in [1.82, 2.24) is 0 Å². The molecule has 0 unspecified atom stereocenters. The van der Waals surface area contributed by atoms with Crippen LogP contribution in [-0.4, -0.2) is 49.0 Å². The van der Waals surface area contributed by atoms with Gasteiger partial charge in [0.05, 0.1) is 16.4 Å². The van der Waals surface area contributed by atoms with E-state index in [0.717, 1.165) is 0 Å². The molecule has 0 aromatic heterocycles. The average molecular weight is 300 g/mol. The molecule has 0 aliphatic carbocycles. The fourth-order valence-electron chi connectivity index (χ4n) is 2.02. The number of rotatable bonds is 3. The highest BCUT2D eigenvalue weighted by atomic mass is 32.2. The van der Waals surface area contributed by atoms with Crippen molar-refractivity contribution in [3.63, 3.8) is 0 Å².